The van der Waals surface area contributed by atoms with E-state index in [0.29, 0.717) is 63.7 Å². The van der Waals surface area contributed by atoms with Crippen LogP contribution in [0.3, 0.4) is 0 Å². The molecular weight excluding hydrogens is 634 g/mol. The van der Waals surface area contributed by atoms with Gasteiger partial charge < -0.3 is 15.0 Å². The normalized spacial score (nSPS) is 22.5. The predicted molar refractivity (Wildman–Crippen MR) is 169 cm³/mol. The highest BCUT2D eigenvalue weighted by Gasteiger charge is 2.44. The van der Waals surface area contributed by atoms with Gasteiger partial charge in [0.2, 0.25) is 5.91 Å². The van der Waals surface area contributed by atoms with Gasteiger partial charge in [-0.05, 0) is 100 Å². The lowest BCUT2D eigenvalue weighted by Gasteiger charge is -2.47. The van der Waals surface area contributed by atoms with Crippen LogP contribution < -0.4 is 5.32 Å². The Balaban J connectivity index is 1.26. The van der Waals surface area contributed by atoms with Crippen LogP contribution in [0.1, 0.15) is 86.1 Å². The highest BCUT2D eigenvalue weighted by Crippen LogP contribution is 2.43. The summed E-state index contributed by atoms with van der Waals surface area (Å²) >= 11 is 0. The molecule has 3 aromatic rings. The monoisotopic (exact) mass is 674 g/mol. The maximum absolute atomic E-state index is 13.6. The van der Waals surface area contributed by atoms with Crippen molar-refractivity contribution in [2.45, 2.75) is 88.8 Å². The first kappa shape index (κ1) is 35.4. The van der Waals surface area contributed by atoms with Gasteiger partial charge in [-0.1, -0.05) is 60.7 Å². The Morgan fingerprint density at radius 2 is 1.35 bits per heavy atom. The Kier molecular flexibility index (Phi) is 10.3. The van der Waals surface area contributed by atoms with Crippen LogP contribution in [0.4, 0.5) is 26.3 Å². The third-order valence-corrected chi connectivity index (χ3v) is 10.1. The molecule has 2 fully saturated rings. The van der Waals surface area contributed by atoms with Crippen molar-refractivity contribution in [3.63, 3.8) is 0 Å². The molecule has 1 heterocycles. The van der Waals surface area contributed by atoms with Crippen molar-refractivity contribution < 1.29 is 40.7 Å². The number of carbonyl (C=O) groups is 2. The van der Waals surface area contributed by atoms with Crippen molar-refractivity contribution in [2.24, 2.45) is 5.41 Å². The van der Waals surface area contributed by atoms with Gasteiger partial charge in [-0.25, -0.2) is 0 Å². The summed E-state index contributed by atoms with van der Waals surface area (Å²) in [5.41, 5.74) is -2.93. The minimum absolute atomic E-state index is 0.0672. The van der Waals surface area contributed by atoms with E-state index in [1.165, 1.54) is 6.92 Å². The van der Waals surface area contributed by atoms with Crippen LogP contribution in [0.2, 0.25) is 0 Å². The molecule has 11 heteroatoms. The molecule has 1 atom stereocenters. The van der Waals surface area contributed by atoms with Gasteiger partial charge in [-0.3, -0.25) is 9.59 Å². The molecule has 1 saturated carbocycles. The van der Waals surface area contributed by atoms with Crippen molar-refractivity contribution in [2.75, 3.05) is 13.1 Å². The number of likely N-dealkylation sites (tertiary alicyclic amines) is 1. The fraction of sp³-hybridized carbons (Fsp3) is 0.459. The van der Waals surface area contributed by atoms with Gasteiger partial charge >= 0.3 is 18.3 Å². The lowest BCUT2D eigenvalue weighted by Crippen LogP contribution is -2.54. The number of amides is 1. The summed E-state index contributed by atoms with van der Waals surface area (Å²) in [4.78, 5) is 29.0. The molecule has 0 bridgehead atoms. The van der Waals surface area contributed by atoms with Crippen LogP contribution in [0, 0.1) is 5.41 Å². The van der Waals surface area contributed by atoms with E-state index in [0.717, 1.165) is 11.1 Å². The van der Waals surface area contributed by atoms with Gasteiger partial charge in [-0.2, -0.15) is 26.3 Å². The number of halogens is 6. The summed E-state index contributed by atoms with van der Waals surface area (Å²) in [6, 6.07) is 20.3. The van der Waals surface area contributed by atoms with Gasteiger partial charge in [0.15, 0.2) is 0 Å². The van der Waals surface area contributed by atoms with Gasteiger partial charge in [0.1, 0.15) is 6.61 Å². The molecule has 5 nitrogen and oxygen atoms in total. The van der Waals surface area contributed by atoms with E-state index in [4.69, 9.17) is 4.74 Å². The van der Waals surface area contributed by atoms with Crippen molar-refractivity contribution in [3.8, 4) is 0 Å². The second-order valence-electron chi connectivity index (χ2n) is 13.4. The topological polar surface area (TPSA) is 58.6 Å². The van der Waals surface area contributed by atoms with Crippen molar-refractivity contribution in [3.05, 3.63) is 107 Å². The Morgan fingerprint density at radius 3 is 1.88 bits per heavy atom. The summed E-state index contributed by atoms with van der Waals surface area (Å²) in [5.74, 6) is -2.13. The van der Waals surface area contributed by atoms with Crippen LogP contribution in [-0.4, -0.2) is 35.9 Å². The number of ether oxygens (including phenoxy) is 1. The molecule has 3 aromatic carbocycles. The zero-order valence-corrected chi connectivity index (χ0v) is 27.0. The first-order chi connectivity index (χ1) is 22.6. The summed E-state index contributed by atoms with van der Waals surface area (Å²) in [5, 5.41) is 3.06. The minimum atomic E-state index is -5.01. The maximum atomic E-state index is 13.6. The number of hydrogen-bond acceptors (Lipinski definition) is 4. The molecule has 1 N–H and O–H groups in total. The molecule has 1 aliphatic heterocycles. The molecule has 48 heavy (non-hydrogen) atoms. The molecule has 0 radical (unpaired) electrons. The largest absolute Gasteiger partial charge is 0.460 e. The fourth-order valence-corrected chi connectivity index (χ4v) is 6.91. The lowest BCUT2D eigenvalue weighted by atomic mass is 9.73. The smallest absolute Gasteiger partial charge is 0.416 e. The number of nitrogens with zero attached hydrogens (tertiary/aromatic N) is 1. The Hall–Kier alpha value is -3.86. The summed E-state index contributed by atoms with van der Waals surface area (Å²) in [7, 11) is 0. The lowest BCUT2D eigenvalue weighted by molar-refractivity contribution is -0.159. The van der Waals surface area contributed by atoms with Crippen LogP contribution in [0.25, 0.3) is 0 Å². The third-order valence-electron chi connectivity index (χ3n) is 10.1. The van der Waals surface area contributed by atoms with E-state index >= 15 is 0 Å². The molecule has 1 aliphatic carbocycles. The highest BCUT2D eigenvalue weighted by atomic mass is 19.4. The van der Waals surface area contributed by atoms with E-state index in [1.54, 1.807) is 0 Å². The average molecular weight is 675 g/mol. The number of rotatable bonds is 8. The molecule has 0 aromatic heterocycles. The average Bonchev–Trinajstić information content (AvgIpc) is 3.07. The van der Waals surface area contributed by atoms with E-state index in [-0.39, 0.29) is 30.2 Å². The summed E-state index contributed by atoms with van der Waals surface area (Å²) < 4.78 is 86.8. The van der Waals surface area contributed by atoms with Gasteiger partial charge in [0.05, 0.1) is 28.0 Å². The van der Waals surface area contributed by atoms with E-state index < -0.39 is 46.3 Å². The van der Waals surface area contributed by atoms with Crippen molar-refractivity contribution >= 4 is 11.9 Å². The summed E-state index contributed by atoms with van der Waals surface area (Å²) in [6.07, 6.45) is -6.25. The Labute approximate surface area is 276 Å². The minimum Gasteiger partial charge on any atom is -0.460 e. The van der Waals surface area contributed by atoms with Crippen LogP contribution in [0.5, 0.6) is 0 Å². The zero-order chi connectivity index (χ0) is 34.7. The molecule has 0 spiro atoms. The number of carbonyl (C=O) groups excluding carboxylic acids is 2. The second kappa shape index (κ2) is 13.9. The first-order valence-corrected chi connectivity index (χ1v) is 16.2. The Bertz CT molecular complexity index is 1530. The number of benzene rings is 3. The molecular formula is C37H40F6N2O3. The molecule has 1 saturated heterocycles. The number of hydrogen-bond donors (Lipinski definition) is 1. The molecule has 5 rings (SSSR count). The predicted octanol–water partition coefficient (Wildman–Crippen LogP) is 8.63. The summed E-state index contributed by atoms with van der Waals surface area (Å²) in [6.45, 7) is 4.91. The first-order valence-electron chi connectivity index (χ1n) is 16.2. The number of nitrogens with one attached hydrogen (secondary N) is 1. The quantitative estimate of drug-likeness (QED) is 0.192. The van der Waals surface area contributed by atoms with Gasteiger partial charge in [-0.15, -0.1) is 0 Å². The maximum Gasteiger partial charge on any atom is 0.416 e. The van der Waals surface area contributed by atoms with Crippen molar-refractivity contribution in [1.29, 1.82) is 0 Å². The third kappa shape index (κ3) is 8.05. The van der Waals surface area contributed by atoms with E-state index in [1.807, 2.05) is 67.6 Å². The molecule has 1 unspecified atom stereocenters. The van der Waals surface area contributed by atoms with Crippen LogP contribution in [0.15, 0.2) is 78.9 Å². The highest BCUT2D eigenvalue weighted by molar-refractivity contribution is 5.84. The second-order valence-corrected chi connectivity index (χ2v) is 13.4. The van der Waals surface area contributed by atoms with Gasteiger partial charge in [0, 0.05) is 6.04 Å². The number of esters is 1. The van der Waals surface area contributed by atoms with Crippen molar-refractivity contribution in [1.82, 2.24) is 10.2 Å². The number of piperidine rings is 1. The molecule has 258 valence electrons. The SMILES string of the molecule is CC(C(=O)N[C@]1(c2ccccc2)CC[C@H](N2CCC(C)(C(=O)OCc3ccccc3)CC2)CC1)c1cc(C(F)(F)F)cc(C(F)(F)F)c1. The number of alkyl halides is 6. The molecule has 2 aliphatic rings. The van der Waals surface area contributed by atoms with E-state index in [2.05, 4.69) is 10.2 Å². The fourth-order valence-electron chi connectivity index (χ4n) is 6.91. The van der Waals surface area contributed by atoms with Gasteiger partial charge in [0.25, 0.3) is 0 Å². The van der Waals surface area contributed by atoms with Crippen LogP contribution in [-0.2, 0) is 38.8 Å². The standard InChI is InChI=1S/C37H40F6N2O3/c1-25(27-21-29(36(38,39)40)23-30(22-27)37(41,42)43)32(46)44-35(28-11-7-4-8-12-28)15-13-31(14-16-35)45-19-17-34(2,18-20-45)33(47)48-24-26-9-5-3-6-10-26/h3-12,21-23,25,31H,13-20,24H2,1-2H3,(H,44,46)/t25?,31-,35+. The molecule has 1 amide bonds. The van der Waals surface area contributed by atoms with E-state index in [9.17, 15) is 35.9 Å². The zero-order valence-electron chi connectivity index (χ0n) is 27.0. The van der Waals surface area contributed by atoms with Crippen LogP contribution >= 0.6 is 0 Å². The Morgan fingerprint density at radius 1 is 0.833 bits per heavy atom.